The number of aryl methyl sites for hydroxylation is 1. The van der Waals surface area contributed by atoms with Crippen LogP contribution in [-0.4, -0.2) is 23.2 Å². The molecule has 1 amide bonds. The minimum Gasteiger partial charge on any atom is -0.481 e. The Labute approximate surface area is 171 Å². The fourth-order valence-electron chi connectivity index (χ4n) is 3.28. The van der Waals surface area contributed by atoms with Crippen molar-refractivity contribution in [1.29, 1.82) is 0 Å². The topological polar surface area (TPSA) is 77.2 Å². The molecule has 1 aliphatic rings. The Morgan fingerprint density at radius 1 is 1.18 bits per heavy atom. The van der Waals surface area contributed by atoms with Crippen LogP contribution in [0.2, 0.25) is 10.2 Å². The van der Waals surface area contributed by atoms with E-state index in [1.54, 1.807) is 12.1 Å². The number of nitrogens with zero attached hydrogens (tertiary/aromatic N) is 2. The Bertz CT molecular complexity index is 1050. The molecule has 0 saturated heterocycles. The highest BCUT2D eigenvalue weighted by molar-refractivity contribution is 6.34. The lowest BCUT2D eigenvalue weighted by molar-refractivity contribution is 0.102. The number of carbonyl (C=O) groups is 1. The van der Waals surface area contributed by atoms with Crippen molar-refractivity contribution >= 4 is 34.8 Å². The third-order valence-electron chi connectivity index (χ3n) is 4.68. The second-order valence-electron chi connectivity index (χ2n) is 6.51. The lowest BCUT2D eigenvalue weighted by Gasteiger charge is -2.12. The predicted molar refractivity (Wildman–Crippen MR) is 107 cm³/mol. The number of hydrogen-bond donors (Lipinski definition) is 1. The fourth-order valence-corrected chi connectivity index (χ4v) is 3.65. The van der Waals surface area contributed by atoms with Gasteiger partial charge in [0.2, 0.25) is 5.88 Å². The van der Waals surface area contributed by atoms with Crippen LogP contribution in [0.15, 0.2) is 34.9 Å². The van der Waals surface area contributed by atoms with E-state index in [2.05, 4.69) is 15.5 Å². The summed E-state index contributed by atoms with van der Waals surface area (Å²) in [6, 6.07) is 8.34. The van der Waals surface area contributed by atoms with Crippen LogP contribution < -0.4 is 10.1 Å². The van der Waals surface area contributed by atoms with Crippen LogP contribution in [0, 0.1) is 0 Å². The van der Waals surface area contributed by atoms with E-state index in [4.69, 9.17) is 32.5 Å². The van der Waals surface area contributed by atoms with E-state index in [1.165, 1.54) is 19.2 Å². The van der Waals surface area contributed by atoms with Crippen LogP contribution in [0.5, 0.6) is 5.88 Å². The average Bonchev–Trinajstić information content (AvgIpc) is 3.13. The van der Waals surface area contributed by atoms with Gasteiger partial charge in [-0.05, 0) is 49.9 Å². The Balaban J connectivity index is 1.64. The molecule has 2 heterocycles. The van der Waals surface area contributed by atoms with Gasteiger partial charge >= 0.3 is 0 Å². The number of ether oxygens (including phenoxy) is 1. The maximum atomic E-state index is 12.7. The van der Waals surface area contributed by atoms with Crippen molar-refractivity contribution in [3.63, 3.8) is 0 Å². The molecular weight excluding hydrogens is 401 g/mol. The van der Waals surface area contributed by atoms with Crippen molar-refractivity contribution in [2.75, 3.05) is 12.4 Å². The third-order valence-corrected chi connectivity index (χ3v) is 5.20. The largest absolute Gasteiger partial charge is 0.481 e. The van der Waals surface area contributed by atoms with Crippen LogP contribution >= 0.6 is 23.2 Å². The van der Waals surface area contributed by atoms with Crippen LogP contribution in [-0.2, 0) is 12.8 Å². The SMILES string of the molecule is COc1cc(C(=O)Nc2cc(-c3onc4c3CCCC4)ccc2Cl)cc(Cl)n1. The molecule has 1 N–H and O–H groups in total. The minimum atomic E-state index is -0.374. The molecule has 0 radical (unpaired) electrons. The summed E-state index contributed by atoms with van der Waals surface area (Å²) in [6.45, 7) is 0. The number of rotatable bonds is 4. The van der Waals surface area contributed by atoms with E-state index in [0.29, 0.717) is 16.3 Å². The molecule has 0 saturated carbocycles. The lowest BCUT2D eigenvalue weighted by atomic mass is 9.94. The van der Waals surface area contributed by atoms with E-state index < -0.39 is 0 Å². The van der Waals surface area contributed by atoms with Gasteiger partial charge in [-0.15, -0.1) is 0 Å². The molecule has 8 heteroatoms. The molecule has 0 aliphatic heterocycles. The summed E-state index contributed by atoms with van der Waals surface area (Å²) in [5.41, 5.74) is 3.75. The first kappa shape index (κ1) is 18.8. The Hall–Kier alpha value is -2.57. The van der Waals surface area contributed by atoms with Gasteiger partial charge in [-0.1, -0.05) is 28.4 Å². The Kier molecular flexibility index (Phi) is 5.24. The first-order valence-corrected chi connectivity index (χ1v) is 9.61. The Morgan fingerprint density at radius 3 is 2.82 bits per heavy atom. The molecule has 6 nitrogen and oxygen atoms in total. The smallest absolute Gasteiger partial charge is 0.256 e. The first-order valence-electron chi connectivity index (χ1n) is 8.85. The number of aromatic nitrogens is 2. The number of carbonyl (C=O) groups excluding carboxylic acids is 1. The molecule has 0 spiro atoms. The number of hydrogen-bond acceptors (Lipinski definition) is 5. The highest BCUT2D eigenvalue weighted by Gasteiger charge is 2.21. The van der Waals surface area contributed by atoms with E-state index in [9.17, 15) is 4.79 Å². The summed E-state index contributed by atoms with van der Waals surface area (Å²) in [7, 11) is 1.46. The van der Waals surface area contributed by atoms with Gasteiger partial charge in [-0.3, -0.25) is 4.79 Å². The van der Waals surface area contributed by atoms with Gasteiger partial charge in [0, 0.05) is 22.8 Å². The van der Waals surface area contributed by atoms with Crippen LogP contribution in [0.25, 0.3) is 11.3 Å². The monoisotopic (exact) mass is 417 g/mol. The molecule has 4 rings (SSSR count). The zero-order valence-corrected chi connectivity index (χ0v) is 16.6. The molecule has 0 bridgehead atoms. The minimum absolute atomic E-state index is 0.164. The molecule has 1 aliphatic carbocycles. The summed E-state index contributed by atoms with van der Waals surface area (Å²) in [5.74, 6) is 0.613. The molecule has 144 valence electrons. The summed E-state index contributed by atoms with van der Waals surface area (Å²) < 4.78 is 10.6. The second kappa shape index (κ2) is 7.81. The number of amides is 1. The zero-order chi connectivity index (χ0) is 19.7. The maximum Gasteiger partial charge on any atom is 0.256 e. The van der Waals surface area contributed by atoms with E-state index in [-0.39, 0.29) is 16.9 Å². The number of fused-ring (bicyclic) bond motifs is 1. The van der Waals surface area contributed by atoms with Crippen molar-refractivity contribution < 1.29 is 14.1 Å². The average molecular weight is 418 g/mol. The third kappa shape index (κ3) is 3.70. The molecular formula is C20H17Cl2N3O3. The van der Waals surface area contributed by atoms with Gasteiger partial charge in [-0.25, -0.2) is 4.98 Å². The second-order valence-corrected chi connectivity index (χ2v) is 7.31. The summed E-state index contributed by atoms with van der Waals surface area (Å²) >= 11 is 12.2. The fraction of sp³-hybridized carbons (Fsp3) is 0.250. The van der Waals surface area contributed by atoms with Gasteiger partial charge in [-0.2, -0.15) is 0 Å². The van der Waals surface area contributed by atoms with Gasteiger partial charge in [0.05, 0.1) is 23.5 Å². The van der Waals surface area contributed by atoms with Crippen molar-refractivity contribution in [3.05, 3.63) is 57.3 Å². The molecule has 1 aromatic carbocycles. The zero-order valence-electron chi connectivity index (χ0n) is 15.1. The van der Waals surface area contributed by atoms with Gasteiger partial charge in [0.1, 0.15) is 5.15 Å². The first-order chi connectivity index (χ1) is 13.5. The number of halogens is 2. The summed E-state index contributed by atoms with van der Waals surface area (Å²) in [4.78, 5) is 16.6. The van der Waals surface area contributed by atoms with E-state index in [0.717, 1.165) is 48.3 Å². The maximum absolute atomic E-state index is 12.7. The van der Waals surface area contributed by atoms with Crippen LogP contribution in [0.4, 0.5) is 5.69 Å². The normalized spacial score (nSPS) is 13.1. The lowest BCUT2D eigenvalue weighted by Crippen LogP contribution is -2.13. The molecule has 3 aromatic rings. The number of pyridine rings is 1. The molecule has 2 aromatic heterocycles. The van der Waals surface area contributed by atoms with Crippen molar-refractivity contribution in [1.82, 2.24) is 10.1 Å². The van der Waals surface area contributed by atoms with E-state index >= 15 is 0 Å². The molecule has 0 fully saturated rings. The van der Waals surface area contributed by atoms with Gasteiger partial charge in [0.25, 0.3) is 5.91 Å². The standard InChI is InChI=1S/C20H17Cl2N3O3/c1-27-18-10-12(9-17(22)24-18)20(26)23-16-8-11(6-7-14(16)21)19-13-4-2-3-5-15(13)25-28-19/h6-10H,2-5H2,1H3,(H,23,26). The summed E-state index contributed by atoms with van der Waals surface area (Å²) in [6.07, 6.45) is 4.11. The number of nitrogens with one attached hydrogen (secondary N) is 1. The van der Waals surface area contributed by atoms with Crippen molar-refractivity contribution in [2.45, 2.75) is 25.7 Å². The molecule has 0 unspecified atom stereocenters. The summed E-state index contributed by atoms with van der Waals surface area (Å²) in [5, 5.41) is 7.58. The highest BCUT2D eigenvalue weighted by atomic mass is 35.5. The van der Waals surface area contributed by atoms with Gasteiger partial charge < -0.3 is 14.6 Å². The Morgan fingerprint density at radius 2 is 2.00 bits per heavy atom. The predicted octanol–water partition coefficient (Wildman–Crippen LogP) is 5.18. The van der Waals surface area contributed by atoms with Crippen molar-refractivity contribution in [3.8, 4) is 17.2 Å². The van der Waals surface area contributed by atoms with E-state index in [1.807, 2.05) is 6.07 Å². The van der Waals surface area contributed by atoms with Gasteiger partial charge in [0.15, 0.2) is 5.76 Å². The van der Waals surface area contributed by atoms with Crippen LogP contribution in [0.3, 0.4) is 0 Å². The quantitative estimate of drug-likeness (QED) is 0.591. The van der Waals surface area contributed by atoms with Crippen molar-refractivity contribution in [2.24, 2.45) is 0 Å². The number of methoxy groups -OCH3 is 1. The molecule has 28 heavy (non-hydrogen) atoms. The highest BCUT2D eigenvalue weighted by Crippen LogP contribution is 2.35. The van der Waals surface area contributed by atoms with Crippen LogP contribution in [0.1, 0.15) is 34.5 Å². The molecule has 0 atom stereocenters. The number of anilines is 1. The number of benzene rings is 1.